The normalized spacial score (nSPS) is 25.1. The van der Waals surface area contributed by atoms with Crippen LogP contribution in [0.4, 0.5) is 0 Å². The lowest BCUT2D eigenvalue weighted by Gasteiger charge is -2.28. The Morgan fingerprint density at radius 2 is 2.55 bits per heavy atom. The molecule has 0 bridgehead atoms. The van der Waals surface area contributed by atoms with Crippen molar-refractivity contribution >= 4 is 11.3 Å². The van der Waals surface area contributed by atoms with Gasteiger partial charge in [0.05, 0.1) is 11.2 Å². The van der Waals surface area contributed by atoms with Gasteiger partial charge in [-0.05, 0) is 14.0 Å². The molecule has 0 N–H and O–H groups in total. The standard InChI is InChI=1S/C8H12N2S/c1-6-3-7-8(4-10(6)2)11-5-9-7/h5-6H,3-4H2,1-2H3. The van der Waals surface area contributed by atoms with E-state index in [0.717, 1.165) is 13.0 Å². The highest BCUT2D eigenvalue weighted by molar-refractivity contribution is 7.09. The molecule has 1 aliphatic rings. The number of rotatable bonds is 0. The van der Waals surface area contributed by atoms with Gasteiger partial charge in [0.1, 0.15) is 0 Å². The van der Waals surface area contributed by atoms with Crippen molar-refractivity contribution in [3.8, 4) is 0 Å². The van der Waals surface area contributed by atoms with Gasteiger partial charge >= 0.3 is 0 Å². The number of nitrogens with zero attached hydrogens (tertiary/aromatic N) is 2. The number of aromatic nitrogens is 1. The first kappa shape index (κ1) is 7.25. The van der Waals surface area contributed by atoms with E-state index >= 15 is 0 Å². The van der Waals surface area contributed by atoms with E-state index in [1.165, 1.54) is 10.6 Å². The highest BCUT2D eigenvalue weighted by atomic mass is 32.1. The van der Waals surface area contributed by atoms with Crippen LogP contribution < -0.4 is 0 Å². The fraction of sp³-hybridized carbons (Fsp3) is 0.625. The van der Waals surface area contributed by atoms with E-state index in [1.807, 2.05) is 5.51 Å². The van der Waals surface area contributed by atoms with Gasteiger partial charge in [0, 0.05) is 23.9 Å². The fourth-order valence-electron chi connectivity index (χ4n) is 1.41. The topological polar surface area (TPSA) is 16.1 Å². The van der Waals surface area contributed by atoms with E-state index in [4.69, 9.17) is 0 Å². The molecule has 2 heterocycles. The largest absolute Gasteiger partial charge is 0.298 e. The van der Waals surface area contributed by atoms with Gasteiger partial charge in [0.2, 0.25) is 0 Å². The minimum absolute atomic E-state index is 0.657. The SMILES string of the molecule is CC1Cc2ncsc2CN1C. The Bertz CT molecular complexity index is 232. The molecule has 0 aliphatic carbocycles. The molecule has 1 aliphatic heterocycles. The molecule has 2 nitrogen and oxygen atoms in total. The first-order valence-electron chi connectivity index (χ1n) is 3.89. The first-order chi connectivity index (χ1) is 5.27. The molecule has 1 aromatic heterocycles. The summed E-state index contributed by atoms with van der Waals surface area (Å²) in [7, 11) is 2.17. The Balaban J connectivity index is 2.30. The summed E-state index contributed by atoms with van der Waals surface area (Å²) in [6, 6.07) is 0.657. The number of hydrogen-bond acceptors (Lipinski definition) is 3. The summed E-state index contributed by atoms with van der Waals surface area (Å²) in [6.07, 6.45) is 1.12. The maximum atomic E-state index is 4.33. The van der Waals surface area contributed by atoms with E-state index in [2.05, 4.69) is 23.9 Å². The van der Waals surface area contributed by atoms with Crippen molar-refractivity contribution in [2.75, 3.05) is 7.05 Å². The molecule has 3 heteroatoms. The van der Waals surface area contributed by atoms with E-state index in [1.54, 1.807) is 11.3 Å². The second-order valence-corrected chi connectivity index (χ2v) is 4.13. The van der Waals surface area contributed by atoms with Crippen LogP contribution in [0.15, 0.2) is 5.51 Å². The van der Waals surface area contributed by atoms with Gasteiger partial charge < -0.3 is 0 Å². The Labute approximate surface area is 70.9 Å². The second-order valence-electron chi connectivity index (χ2n) is 3.19. The molecular weight excluding hydrogens is 156 g/mol. The lowest BCUT2D eigenvalue weighted by molar-refractivity contribution is 0.232. The second kappa shape index (κ2) is 2.57. The van der Waals surface area contributed by atoms with Crippen LogP contribution in [-0.2, 0) is 13.0 Å². The van der Waals surface area contributed by atoms with E-state index in [-0.39, 0.29) is 0 Å². The van der Waals surface area contributed by atoms with Crippen LogP contribution in [0.3, 0.4) is 0 Å². The molecular formula is C8H12N2S. The number of likely N-dealkylation sites (N-methyl/N-ethyl adjacent to an activating group) is 1. The summed E-state index contributed by atoms with van der Waals surface area (Å²) >= 11 is 1.78. The molecule has 1 aromatic rings. The van der Waals surface area contributed by atoms with E-state index in [0.29, 0.717) is 6.04 Å². The quantitative estimate of drug-likeness (QED) is 0.584. The Hall–Kier alpha value is -0.410. The molecule has 0 amide bonds. The highest BCUT2D eigenvalue weighted by Gasteiger charge is 2.21. The monoisotopic (exact) mass is 168 g/mol. The molecule has 1 atom stereocenters. The van der Waals surface area contributed by atoms with Gasteiger partial charge in [-0.15, -0.1) is 11.3 Å². The van der Waals surface area contributed by atoms with Crippen LogP contribution in [0.1, 0.15) is 17.5 Å². The van der Waals surface area contributed by atoms with Crippen molar-refractivity contribution < 1.29 is 0 Å². The zero-order valence-electron chi connectivity index (χ0n) is 6.87. The smallest absolute Gasteiger partial charge is 0.0798 e. The minimum atomic E-state index is 0.657. The maximum Gasteiger partial charge on any atom is 0.0798 e. The van der Waals surface area contributed by atoms with Crippen molar-refractivity contribution in [3.05, 3.63) is 16.1 Å². The lowest BCUT2D eigenvalue weighted by Crippen LogP contribution is -2.34. The van der Waals surface area contributed by atoms with Gasteiger partial charge in [0.15, 0.2) is 0 Å². The molecule has 0 spiro atoms. The molecule has 11 heavy (non-hydrogen) atoms. The van der Waals surface area contributed by atoms with Crippen molar-refractivity contribution in [1.29, 1.82) is 0 Å². The zero-order chi connectivity index (χ0) is 7.84. The average molecular weight is 168 g/mol. The van der Waals surface area contributed by atoms with Crippen LogP contribution in [0.25, 0.3) is 0 Å². The van der Waals surface area contributed by atoms with E-state index in [9.17, 15) is 0 Å². The Morgan fingerprint density at radius 1 is 1.73 bits per heavy atom. The van der Waals surface area contributed by atoms with Gasteiger partial charge in [0.25, 0.3) is 0 Å². The van der Waals surface area contributed by atoms with Gasteiger partial charge in [-0.2, -0.15) is 0 Å². The summed E-state index contributed by atoms with van der Waals surface area (Å²) in [5, 5.41) is 0. The van der Waals surface area contributed by atoms with E-state index < -0.39 is 0 Å². The fourth-order valence-corrected chi connectivity index (χ4v) is 2.26. The highest BCUT2D eigenvalue weighted by Crippen LogP contribution is 2.23. The third-order valence-corrected chi connectivity index (χ3v) is 3.22. The van der Waals surface area contributed by atoms with Crippen molar-refractivity contribution in [3.63, 3.8) is 0 Å². The molecule has 0 saturated carbocycles. The number of thiazole rings is 1. The summed E-state index contributed by atoms with van der Waals surface area (Å²) in [5.74, 6) is 0. The van der Waals surface area contributed by atoms with Crippen LogP contribution >= 0.6 is 11.3 Å². The summed E-state index contributed by atoms with van der Waals surface area (Å²) in [6.45, 7) is 3.34. The first-order valence-corrected chi connectivity index (χ1v) is 4.77. The number of hydrogen-bond donors (Lipinski definition) is 0. The zero-order valence-corrected chi connectivity index (χ0v) is 7.69. The maximum absolute atomic E-state index is 4.33. The predicted molar refractivity (Wildman–Crippen MR) is 46.7 cm³/mol. The summed E-state index contributed by atoms with van der Waals surface area (Å²) in [5.41, 5.74) is 3.27. The minimum Gasteiger partial charge on any atom is -0.298 e. The third kappa shape index (κ3) is 1.19. The molecule has 0 aromatic carbocycles. The molecule has 1 unspecified atom stereocenters. The molecule has 2 rings (SSSR count). The van der Waals surface area contributed by atoms with Crippen LogP contribution in [-0.4, -0.2) is 23.0 Å². The van der Waals surface area contributed by atoms with Gasteiger partial charge in [-0.25, -0.2) is 4.98 Å². The molecule has 0 radical (unpaired) electrons. The van der Waals surface area contributed by atoms with Gasteiger partial charge in [-0.1, -0.05) is 0 Å². The van der Waals surface area contributed by atoms with Crippen molar-refractivity contribution in [1.82, 2.24) is 9.88 Å². The van der Waals surface area contributed by atoms with Crippen LogP contribution in [0.2, 0.25) is 0 Å². The number of fused-ring (bicyclic) bond motifs is 1. The van der Waals surface area contributed by atoms with Gasteiger partial charge in [-0.3, -0.25) is 4.90 Å². The lowest BCUT2D eigenvalue weighted by atomic mass is 10.1. The summed E-state index contributed by atoms with van der Waals surface area (Å²) in [4.78, 5) is 8.16. The van der Waals surface area contributed by atoms with Crippen molar-refractivity contribution in [2.24, 2.45) is 0 Å². The summed E-state index contributed by atoms with van der Waals surface area (Å²) < 4.78 is 0. The van der Waals surface area contributed by atoms with Crippen molar-refractivity contribution in [2.45, 2.75) is 25.9 Å². The molecule has 60 valence electrons. The molecule has 0 saturated heterocycles. The Morgan fingerprint density at radius 3 is 3.36 bits per heavy atom. The Kier molecular flexibility index (Phi) is 1.69. The molecule has 0 fully saturated rings. The average Bonchev–Trinajstić information content (AvgIpc) is 2.36. The van der Waals surface area contributed by atoms with Crippen LogP contribution in [0.5, 0.6) is 0 Å². The third-order valence-electron chi connectivity index (χ3n) is 2.36. The predicted octanol–water partition coefficient (Wildman–Crippen LogP) is 1.52. The van der Waals surface area contributed by atoms with Crippen LogP contribution in [0, 0.1) is 0 Å².